The van der Waals surface area contributed by atoms with E-state index in [4.69, 9.17) is 10.5 Å². The Bertz CT molecular complexity index is 1260. The number of ether oxygens (including phenoxy) is 1. The number of alkyl halides is 3. The zero-order valence-corrected chi connectivity index (χ0v) is 23.1. The molecule has 3 aliphatic rings. The van der Waals surface area contributed by atoms with Crippen molar-refractivity contribution in [3.05, 3.63) is 53.8 Å². The van der Waals surface area contributed by atoms with Crippen LogP contribution >= 0.6 is 0 Å². The summed E-state index contributed by atoms with van der Waals surface area (Å²) in [5.74, 6) is -0.905. The maximum absolute atomic E-state index is 15.4. The van der Waals surface area contributed by atoms with Crippen LogP contribution in [0.3, 0.4) is 0 Å². The van der Waals surface area contributed by atoms with Crippen molar-refractivity contribution in [2.45, 2.75) is 63.6 Å². The number of benzene rings is 2. The Labute approximate surface area is 237 Å². The third-order valence-corrected chi connectivity index (χ3v) is 9.11. The Morgan fingerprint density at radius 3 is 2.32 bits per heavy atom. The van der Waals surface area contributed by atoms with E-state index in [-0.39, 0.29) is 36.8 Å². The maximum Gasteiger partial charge on any atom is 0.395 e. The van der Waals surface area contributed by atoms with Crippen LogP contribution in [0, 0.1) is 17.2 Å². The number of primary amides is 1. The molecule has 41 heavy (non-hydrogen) atoms. The van der Waals surface area contributed by atoms with Crippen LogP contribution in [0.25, 0.3) is 11.1 Å². The van der Waals surface area contributed by atoms with Crippen molar-refractivity contribution >= 4 is 11.8 Å². The fraction of sp³-hybridized carbons (Fsp3) is 0.548. The fourth-order valence-electron chi connectivity index (χ4n) is 6.42. The van der Waals surface area contributed by atoms with Gasteiger partial charge in [0, 0.05) is 30.3 Å². The molecule has 0 radical (unpaired) electrons. The molecule has 0 unspecified atom stereocenters. The summed E-state index contributed by atoms with van der Waals surface area (Å²) in [6, 6.07) is 10.6. The number of carbonyl (C=O) groups is 2. The smallest absolute Gasteiger partial charge is 0.395 e. The van der Waals surface area contributed by atoms with Crippen molar-refractivity contribution < 1.29 is 31.9 Å². The second-order valence-electron chi connectivity index (χ2n) is 11.8. The molecule has 3 fully saturated rings. The molecule has 0 aromatic heterocycles. The number of halogens is 4. The van der Waals surface area contributed by atoms with Gasteiger partial charge in [0.1, 0.15) is 17.6 Å². The van der Waals surface area contributed by atoms with Crippen molar-refractivity contribution in [1.29, 1.82) is 0 Å². The molecule has 0 spiro atoms. The molecule has 10 heteroatoms. The van der Waals surface area contributed by atoms with Gasteiger partial charge in [-0.1, -0.05) is 24.6 Å². The largest absolute Gasteiger partial charge is 0.493 e. The van der Waals surface area contributed by atoms with Gasteiger partial charge < -0.3 is 20.3 Å². The molecule has 2 aromatic rings. The lowest BCUT2D eigenvalue weighted by atomic mass is 9.67. The van der Waals surface area contributed by atoms with Gasteiger partial charge in [0.2, 0.25) is 5.91 Å². The predicted octanol–water partition coefficient (Wildman–Crippen LogP) is 5.80. The third kappa shape index (κ3) is 6.22. The third-order valence-electron chi connectivity index (χ3n) is 9.11. The first kappa shape index (κ1) is 29.4. The first-order valence-corrected chi connectivity index (χ1v) is 14.5. The van der Waals surface area contributed by atoms with Gasteiger partial charge in [-0.3, -0.25) is 9.59 Å². The Kier molecular flexibility index (Phi) is 8.59. The van der Waals surface area contributed by atoms with Gasteiger partial charge in [-0.25, -0.2) is 4.39 Å². The van der Waals surface area contributed by atoms with Gasteiger partial charge in [0.05, 0.1) is 12.0 Å². The first-order chi connectivity index (χ1) is 19.6. The number of piperidine rings is 2. The Morgan fingerprint density at radius 2 is 1.68 bits per heavy atom. The van der Waals surface area contributed by atoms with Gasteiger partial charge in [-0.2, -0.15) is 13.2 Å². The minimum atomic E-state index is -4.16. The van der Waals surface area contributed by atoms with Crippen LogP contribution in [0.5, 0.6) is 5.75 Å². The Hall–Kier alpha value is -3.14. The molecule has 222 valence electrons. The molecule has 1 atom stereocenters. The topological polar surface area (TPSA) is 75.9 Å². The van der Waals surface area contributed by atoms with Crippen LogP contribution in [0.4, 0.5) is 17.6 Å². The molecule has 1 saturated carbocycles. The molecular formula is C31H37F4N3O3. The minimum Gasteiger partial charge on any atom is -0.493 e. The number of nitrogens with two attached hydrogens (primary N) is 1. The second kappa shape index (κ2) is 12.0. The molecular weight excluding hydrogens is 538 g/mol. The molecule has 2 aliphatic heterocycles. The molecule has 2 aromatic carbocycles. The first-order valence-electron chi connectivity index (χ1n) is 14.5. The number of carbonyl (C=O) groups excluding carboxylic acids is 2. The summed E-state index contributed by atoms with van der Waals surface area (Å²) >= 11 is 0. The lowest BCUT2D eigenvalue weighted by Crippen LogP contribution is -2.53. The van der Waals surface area contributed by atoms with E-state index >= 15 is 4.39 Å². The van der Waals surface area contributed by atoms with Crippen molar-refractivity contribution in [2.24, 2.45) is 17.1 Å². The van der Waals surface area contributed by atoms with E-state index in [1.807, 2.05) is 4.90 Å². The quantitative estimate of drug-likeness (QED) is 0.404. The van der Waals surface area contributed by atoms with E-state index in [0.29, 0.717) is 56.0 Å². The Morgan fingerprint density at radius 1 is 0.951 bits per heavy atom. The molecule has 5 rings (SSSR count). The van der Waals surface area contributed by atoms with Crippen LogP contribution in [-0.2, 0) is 4.79 Å². The molecule has 1 aliphatic carbocycles. The van der Waals surface area contributed by atoms with Gasteiger partial charge in [-0.15, -0.1) is 0 Å². The van der Waals surface area contributed by atoms with Gasteiger partial charge in [0.25, 0.3) is 5.91 Å². The summed E-state index contributed by atoms with van der Waals surface area (Å²) in [6.45, 7) is 2.03. The summed E-state index contributed by atoms with van der Waals surface area (Å²) in [5, 5.41) is 0. The van der Waals surface area contributed by atoms with E-state index < -0.39 is 29.4 Å². The molecule has 6 nitrogen and oxygen atoms in total. The van der Waals surface area contributed by atoms with Crippen LogP contribution in [0.2, 0.25) is 0 Å². The van der Waals surface area contributed by atoms with E-state index in [1.165, 1.54) is 11.0 Å². The van der Waals surface area contributed by atoms with Gasteiger partial charge in [-0.05, 0) is 87.7 Å². The molecule has 2 amide bonds. The van der Waals surface area contributed by atoms with Crippen molar-refractivity contribution in [2.75, 3.05) is 32.8 Å². The number of rotatable bonds is 8. The number of nitrogens with zero attached hydrogens (tertiary/aromatic N) is 2. The molecule has 2 saturated heterocycles. The predicted molar refractivity (Wildman–Crippen MR) is 147 cm³/mol. The SMILES string of the molecule is NC(=O)[C@@H]1CCCCN1C(=O)c1ccccc1-c1ccc(OCC2CCN(CC3(C(F)(F)F)CCC3)CC2)cc1F. The molecule has 2 N–H and O–H groups in total. The maximum atomic E-state index is 15.4. The normalized spacial score (nSPS) is 21.8. The lowest BCUT2D eigenvalue weighted by molar-refractivity contribution is -0.256. The van der Waals surface area contributed by atoms with E-state index in [1.54, 1.807) is 36.4 Å². The summed E-state index contributed by atoms with van der Waals surface area (Å²) in [7, 11) is 0. The fourth-order valence-corrected chi connectivity index (χ4v) is 6.42. The van der Waals surface area contributed by atoms with Crippen molar-refractivity contribution in [3.63, 3.8) is 0 Å². The number of amides is 2. The summed E-state index contributed by atoms with van der Waals surface area (Å²) in [4.78, 5) is 28.8. The zero-order chi connectivity index (χ0) is 29.2. The Balaban J connectivity index is 1.20. The van der Waals surface area contributed by atoms with E-state index in [2.05, 4.69) is 0 Å². The summed E-state index contributed by atoms with van der Waals surface area (Å²) < 4.78 is 61.9. The van der Waals surface area contributed by atoms with Gasteiger partial charge in [0.15, 0.2) is 0 Å². The van der Waals surface area contributed by atoms with Crippen molar-refractivity contribution in [1.82, 2.24) is 9.80 Å². The average Bonchev–Trinajstić information content (AvgIpc) is 2.93. The monoisotopic (exact) mass is 575 g/mol. The number of likely N-dealkylation sites (tertiary alicyclic amines) is 2. The standard InChI is InChI=1S/C31H37F4N3O3/c32-26-18-22(41-19-21-11-16-37(17-12-21)20-30(13-5-14-30)31(33,34)35)9-10-24(26)23-6-1-2-7-25(23)29(40)38-15-4-3-8-27(38)28(36)39/h1-2,6-7,9-10,18,21,27H,3-5,8,11-17,19-20H2,(H2,36,39)/t27-/m0/s1. The zero-order valence-electron chi connectivity index (χ0n) is 23.1. The highest BCUT2D eigenvalue weighted by Crippen LogP contribution is 2.53. The highest BCUT2D eigenvalue weighted by molar-refractivity contribution is 6.02. The summed E-state index contributed by atoms with van der Waals surface area (Å²) in [5.41, 5.74) is 4.97. The second-order valence-corrected chi connectivity index (χ2v) is 11.8. The highest BCUT2D eigenvalue weighted by Gasteiger charge is 2.58. The molecule has 0 bridgehead atoms. The van der Waals surface area contributed by atoms with E-state index in [9.17, 15) is 22.8 Å². The summed E-state index contributed by atoms with van der Waals surface area (Å²) in [6.07, 6.45) is 0.455. The van der Waals surface area contributed by atoms with Crippen LogP contribution in [0.15, 0.2) is 42.5 Å². The van der Waals surface area contributed by atoms with Crippen LogP contribution < -0.4 is 10.5 Å². The van der Waals surface area contributed by atoms with E-state index in [0.717, 1.165) is 25.7 Å². The number of hydrogen-bond acceptors (Lipinski definition) is 4. The number of hydrogen-bond donors (Lipinski definition) is 1. The van der Waals surface area contributed by atoms with Crippen molar-refractivity contribution in [3.8, 4) is 16.9 Å². The lowest BCUT2D eigenvalue weighted by Gasteiger charge is -2.47. The average molecular weight is 576 g/mol. The van der Waals surface area contributed by atoms with Crippen LogP contribution in [0.1, 0.15) is 61.7 Å². The minimum absolute atomic E-state index is 0.0711. The highest BCUT2D eigenvalue weighted by atomic mass is 19.4. The molecule has 2 heterocycles. The van der Waals surface area contributed by atoms with Gasteiger partial charge >= 0.3 is 6.18 Å². The van der Waals surface area contributed by atoms with Crippen LogP contribution in [-0.4, -0.2) is 66.6 Å².